The minimum absolute atomic E-state index is 0.0403. The van der Waals surface area contributed by atoms with E-state index in [1.165, 1.54) is 25.3 Å². The number of rotatable bonds is 6. The van der Waals surface area contributed by atoms with Gasteiger partial charge in [0, 0.05) is 6.20 Å². The van der Waals surface area contributed by atoms with Gasteiger partial charge in [-0.3, -0.25) is 9.20 Å². The molecule has 0 aliphatic carbocycles. The van der Waals surface area contributed by atoms with Crippen LogP contribution in [0.4, 0.5) is 8.78 Å². The van der Waals surface area contributed by atoms with Crippen LogP contribution in [0.5, 0.6) is 11.5 Å². The Balaban J connectivity index is 1.88. The molecule has 0 aliphatic rings. The van der Waals surface area contributed by atoms with Gasteiger partial charge in [-0.15, -0.1) is 10.2 Å². The lowest BCUT2D eigenvalue weighted by molar-refractivity contribution is -0.0515. The van der Waals surface area contributed by atoms with E-state index in [4.69, 9.17) is 4.74 Å². The number of amides is 1. The third-order valence-electron chi connectivity index (χ3n) is 3.73. The second-order valence-electron chi connectivity index (χ2n) is 5.40. The molecule has 1 amide bonds. The lowest BCUT2D eigenvalue weighted by Gasteiger charge is -2.16. The molecule has 3 aromatic rings. The Kier molecular flexibility index (Phi) is 4.97. The van der Waals surface area contributed by atoms with Crippen molar-refractivity contribution in [1.29, 1.82) is 0 Å². The molecule has 1 N–H and O–H groups in total. The molecule has 0 bridgehead atoms. The average molecular weight is 362 g/mol. The highest BCUT2D eigenvalue weighted by atomic mass is 19.3. The van der Waals surface area contributed by atoms with Crippen LogP contribution in [0, 0.1) is 0 Å². The second kappa shape index (κ2) is 7.34. The van der Waals surface area contributed by atoms with Gasteiger partial charge in [0.05, 0.1) is 18.7 Å². The van der Waals surface area contributed by atoms with E-state index in [-0.39, 0.29) is 17.1 Å². The first-order valence-electron chi connectivity index (χ1n) is 7.73. The van der Waals surface area contributed by atoms with Crippen molar-refractivity contribution in [3.63, 3.8) is 0 Å². The summed E-state index contributed by atoms with van der Waals surface area (Å²) in [5.74, 6) is -0.368. The first kappa shape index (κ1) is 17.6. The number of alkyl halides is 2. The fourth-order valence-corrected chi connectivity index (χ4v) is 2.56. The summed E-state index contributed by atoms with van der Waals surface area (Å²) in [6.45, 7) is -1.37. The fourth-order valence-electron chi connectivity index (χ4n) is 2.56. The minimum atomic E-state index is -3.09. The van der Waals surface area contributed by atoms with Gasteiger partial charge in [0.15, 0.2) is 23.0 Å². The second-order valence-corrected chi connectivity index (χ2v) is 5.40. The first-order chi connectivity index (χ1) is 12.5. The highest BCUT2D eigenvalue weighted by molar-refractivity contribution is 5.98. The van der Waals surface area contributed by atoms with Crippen LogP contribution >= 0.6 is 0 Å². The summed E-state index contributed by atoms with van der Waals surface area (Å²) in [5.41, 5.74) is 0.567. The minimum Gasteiger partial charge on any atom is -0.493 e. The Morgan fingerprint density at radius 1 is 1.19 bits per heavy atom. The van der Waals surface area contributed by atoms with E-state index in [1.807, 2.05) is 12.1 Å². The Labute approximate surface area is 147 Å². The van der Waals surface area contributed by atoms with Crippen LogP contribution in [-0.2, 0) is 0 Å². The maximum atomic E-state index is 12.7. The number of benzene rings is 1. The molecule has 0 fully saturated rings. The molecule has 136 valence electrons. The van der Waals surface area contributed by atoms with Crippen molar-refractivity contribution < 1.29 is 23.0 Å². The summed E-state index contributed by atoms with van der Waals surface area (Å²) >= 11 is 0. The zero-order chi connectivity index (χ0) is 18.7. The van der Waals surface area contributed by atoms with Crippen molar-refractivity contribution in [3.05, 3.63) is 54.0 Å². The first-order valence-corrected chi connectivity index (χ1v) is 7.73. The van der Waals surface area contributed by atoms with Crippen molar-refractivity contribution in [1.82, 2.24) is 19.9 Å². The van der Waals surface area contributed by atoms with E-state index >= 15 is 0 Å². The smallest absolute Gasteiger partial charge is 0.387 e. The standard InChI is InChI=1S/C17H16F2N4O3/c1-10(15-22-21-13-8-3-4-9-23(13)15)20-16(24)11-6-5-7-12(25-2)14(11)26-17(18)19/h3-10,17H,1-2H3,(H,20,24). The average Bonchev–Trinajstić information content (AvgIpc) is 3.05. The lowest BCUT2D eigenvalue weighted by atomic mass is 10.1. The van der Waals surface area contributed by atoms with E-state index in [0.717, 1.165) is 0 Å². The predicted octanol–water partition coefficient (Wildman–Crippen LogP) is 2.83. The maximum absolute atomic E-state index is 12.7. The molecule has 9 heteroatoms. The summed E-state index contributed by atoms with van der Waals surface area (Å²) in [5, 5.41) is 10.8. The number of ether oxygens (including phenoxy) is 2. The van der Waals surface area contributed by atoms with Gasteiger partial charge in [-0.05, 0) is 31.2 Å². The van der Waals surface area contributed by atoms with Gasteiger partial charge in [-0.25, -0.2) is 0 Å². The molecule has 3 rings (SSSR count). The van der Waals surface area contributed by atoms with Crippen molar-refractivity contribution in [3.8, 4) is 11.5 Å². The highest BCUT2D eigenvalue weighted by Crippen LogP contribution is 2.32. The predicted molar refractivity (Wildman–Crippen MR) is 88.5 cm³/mol. The third kappa shape index (κ3) is 3.41. The zero-order valence-electron chi connectivity index (χ0n) is 14.0. The van der Waals surface area contributed by atoms with Gasteiger partial charge in [0.2, 0.25) is 0 Å². The molecule has 2 aromatic heterocycles. The number of hydrogen-bond donors (Lipinski definition) is 1. The van der Waals surface area contributed by atoms with E-state index < -0.39 is 18.6 Å². The largest absolute Gasteiger partial charge is 0.493 e. The van der Waals surface area contributed by atoms with Gasteiger partial charge in [0.25, 0.3) is 5.91 Å². The molecule has 2 heterocycles. The summed E-state index contributed by atoms with van der Waals surface area (Å²) in [6.07, 6.45) is 1.77. The molecule has 7 nitrogen and oxygen atoms in total. The number of carbonyl (C=O) groups excluding carboxylic acids is 1. The molecule has 26 heavy (non-hydrogen) atoms. The van der Waals surface area contributed by atoms with Crippen LogP contribution < -0.4 is 14.8 Å². The third-order valence-corrected chi connectivity index (χ3v) is 3.73. The Morgan fingerprint density at radius 2 is 2.00 bits per heavy atom. The van der Waals surface area contributed by atoms with Crippen LogP contribution in [0.2, 0.25) is 0 Å². The van der Waals surface area contributed by atoms with Crippen LogP contribution in [0.3, 0.4) is 0 Å². The van der Waals surface area contributed by atoms with Gasteiger partial charge in [-0.2, -0.15) is 8.78 Å². The quantitative estimate of drug-likeness (QED) is 0.730. The number of nitrogens with one attached hydrogen (secondary N) is 1. The number of fused-ring (bicyclic) bond motifs is 1. The van der Waals surface area contributed by atoms with Crippen LogP contribution in [0.1, 0.15) is 29.1 Å². The summed E-state index contributed by atoms with van der Waals surface area (Å²) < 4.78 is 36.6. The monoisotopic (exact) mass is 362 g/mol. The molecule has 1 atom stereocenters. The molecule has 0 radical (unpaired) electrons. The number of methoxy groups -OCH3 is 1. The molecule has 0 spiro atoms. The molecular formula is C17H16F2N4O3. The number of aromatic nitrogens is 3. The number of para-hydroxylation sites is 1. The SMILES string of the molecule is COc1cccc(C(=O)NC(C)c2nnc3ccccn23)c1OC(F)F. The Hall–Kier alpha value is -3.23. The van der Waals surface area contributed by atoms with E-state index in [1.54, 1.807) is 23.6 Å². The van der Waals surface area contributed by atoms with Gasteiger partial charge >= 0.3 is 6.61 Å². The number of carbonyl (C=O) groups is 1. The molecular weight excluding hydrogens is 346 g/mol. The lowest BCUT2D eigenvalue weighted by Crippen LogP contribution is -2.28. The molecule has 0 aliphatic heterocycles. The maximum Gasteiger partial charge on any atom is 0.387 e. The number of halogens is 2. The summed E-state index contributed by atoms with van der Waals surface area (Å²) in [6, 6.07) is 9.22. The van der Waals surface area contributed by atoms with Gasteiger partial charge < -0.3 is 14.8 Å². The number of nitrogens with zero attached hydrogens (tertiary/aromatic N) is 3. The number of hydrogen-bond acceptors (Lipinski definition) is 5. The van der Waals surface area contributed by atoms with Crippen molar-refractivity contribution in [2.75, 3.05) is 7.11 Å². The van der Waals surface area contributed by atoms with E-state index in [0.29, 0.717) is 11.5 Å². The van der Waals surface area contributed by atoms with Crippen molar-refractivity contribution in [2.45, 2.75) is 19.6 Å². The van der Waals surface area contributed by atoms with E-state index in [2.05, 4.69) is 20.3 Å². The van der Waals surface area contributed by atoms with E-state index in [9.17, 15) is 13.6 Å². The molecule has 0 saturated heterocycles. The number of pyridine rings is 1. The van der Waals surface area contributed by atoms with Crippen LogP contribution in [0.15, 0.2) is 42.6 Å². The van der Waals surface area contributed by atoms with Crippen LogP contribution in [-0.4, -0.2) is 34.2 Å². The zero-order valence-corrected chi connectivity index (χ0v) is 14.0. The topological polar surface area (TPSA) is 77.8 Å². The van der Waals surface area contributed by atoms with Crippen molar-refractivity contribution in [2.24, 2.45) is 0 Å². The molecule has 1 unspecified atom stereocenters. The van der Waals surface area contributed by atoms with Crippen LogP contribution in [0.25, 0.3) is 5.65 Å². The Bertz CT molecular complexity index is 929. The summed E-state index contributed by atoms with van der Waals surface area (Å²) in [7, 11) is 1.31. The van der Waals surface area contributed by atoms with Gasteiger partial charge in [0.1, 0.15) is 0 Å². The van der Waals surface area contributed by atoms with Crippen molar-refractivity contribution >= 4 is 11.6 Å². The Morgan fingerprint density at radius 3 is 2.73 bits per heavy atom. The molecule has 1 aromatic carbocycles. The van der Waals surface area contributed by atoms with Gasteiger partial charge in [-0.1, -0.05) is 12.1 Å². The summed E-state index contributed by atoms with van der Waals surface area (Å²) in [4.78, 5) is 12.6. The normalized spacial score (nSPS) is 12.2. The highest BCUT2D eigenvalue weighted by Gasteiger charge is 2.23. The fraction of sp³-hybridized carbons (Fsp3) is 0.235. The molecule has 0 saturated carbocycles.